The van der Waals surface area contributed by atoms with Gasteiger partial charge in [0.15, 0.2) is 28.8 Å². The molecule has 156 valence electrons. The summed E-state index contributed by atoms with van der Waals surface area (Å²) in [4.78, 5) is 12.5. The van der Waals surface area contributed by atoms with Crippen molar-refractivity contribution in [3.8, 4) is 40.1 Å². The quantitative estimate of drug-likeness (QED) is 0.539. The lowest BCUT2D eigenvalue weighted by Gasteiger charge is -2.13. The molecule has 0 atom stereocenters. The highest BCUT2D eigenvalue weighted by atomic mass is 16.7. The minimum atomic E-state index is -0.568. The molecule has 0 radical (unpaired) electrons. The zero-order chi connectivity index (χ0) is 21.1. The number of fused-ring (bicyclic) bond motifs is 1. The van der Waals surface area contributed by atoms with Crippen LogP contribution in [-0.4, -0.2) is 39.2 Å². The Hall–Kier alpha value is -3.88. The van der Waals surface area contributed by atoms with E-state index < -0.39 is 5.97 Å². The number of carbonyl (C=O) groups is 1. The van der Waals surface area contributed by atoms with Gasteiger partial charge in [-0.1, -0.05) is 5.16 Å². The van der Waals surface area contributed by atoms with Gasteiger partial charge in [0, 0.05) is 11.6 Å². The molecule has 2 aromatic carbocycles. The van der Waals surface area contributed by atoms with Gasteiger partial charge in [-0.15, -0.1) is 0 Å². The molecule has 0 fully saturated rings. The van der Waals surface area contributed by atoms with Crippen molar-refractivity contribution in [2.45, 2.75) is 6.61 Å². The Morgan fingerprint density at radius 3 is 2.40 bits per heavy atom. The van der Waals surface area contributed by atoms with Crippen molar-refractivity contribution in [2.24, 2.45) is 0 Å². The minimum absolute atomic E-state index is 0.0659. The fourth-order valence-corrected chi connectivity index (χ4v) is 2.99. The molecular formula is C21H19NO8. The number of nitrogens with zero attached hydrogens (tertiary/aromatic N) is 1. The second kappa shape index (κ2) is 8.24. The van der Waals surface area contributed by atoms with E-state index in [1.165, 1.54) is 33.5 Å². The summed E-state index contributed by atoms with van der Waals surface area (Å²) in [5.74, 6) is 2.37. The van der Waals surface area contributed by atoms with E-state index in [-0.39, 0.29) is 19.0 Å². The maximum absolute atomic E-state index is 12.5. The second-order valence-corrected chi connectivity index (χ2v) is 6.24. The molecule has 1 aromatic heterocycles. The molecule has 3 aromatic rings. The summed E-state index contributed by atoms with van der Waals surface area (Å²) >= 11 is 0. The molecule has 0 unspecified atom stereocenters. The van der Waals surface area contributed by atoms with Gasteiger partial charge in [-0.25, -0.2) is 4.79 Å². The monoisotopic (exact) mass is 413 g/mol. The molecule has 0 spiro atoms. The van der Waals surface area contributed by atoms with Crippen LogP contribution in [0, 0.1) is 0 Å². The summed E-state index contributed by atoms with van der Waals surface area (Å²) in [6, 6.07) is 10.2. The van der Waals surface area contributed by atoms with Crippen LogP contribution in [-0.2, 0) is 11.3 Å². The Labute approximate surface area is 172 Å². The largest absolute Gasteiger partial charge is 0.493 e. The molecule has 0 amide bonds. The third-order valence-corrected chi connectivity index (χ3v) is 4.47. The molecule has 0 N–H and O–H groups in total. The molecule has 0 aliphatic carbocycles. The highest BCUT2D eigenvalue weighted by molar-refractivity contribution is 5.91. The van der Waals surface area contributed by atoms with Gasteiger partial charge in [-0.3, -0.25) is 0 Å². The number of hydrogen-bond donors (Lipinski definition) is 0. The summed E-state index contributed by atoms with van der Waals surface area (Å²) in [6.07, 6.45) is 0. The van der Waals surface area contributed by atoms with Crippen LogP contribution in [0.3, 0.4) is 0 Å². The maximum Gasteiger partial charge on any atom is 0.338 e. The van der Waals surface area contributed by atoms with Crippen LogP contribution in [0.5, 0.6) is 28.7 Å². The molecular weight excluding hydrogens is 394 g/mol. The van der Waals surface area contributed by atoms with Crippen LogP contribution in [0.15, 0.2) is 40.9 Å². The second-order valence-electron chi connectivity index (χ2n) is 6.24. The van der Waals surface area contributed by atoms with Gasteiger partial charge in [-0.05, 0) is 30.3 Å². The number of aromatic nitrogens is 1. The highest BCUT2D eigenvalue weighted by Gasteiger charge is 2.19. The number of rotatable bonds is 7. The number of esters is 1. The number of hydrogen-bond acceptors (Lipinski definition) is 9. The fraction of sp³-hybridized carbons (Fsp3) is 0.238. The van der Waals surface area contributed by atoms with Crippen LogP contribution in [0.1, 0.15) is 16.1 Å². The van der Waals surface area contributed by atoms with E-state index in [2.05, 4.69) is 5.16 Å². The predicted molar refractivity (Wildman–Crippen MR) is 103 cm³/mol. The van der Waals surface area contributed by atoms with Gasteiger partial charge in [0.2, 0.25) is 12.5 Å². The molecule has 9 nitrogen and oxygen atoms in total. The molecule has 1 aliphatic rings. The fourth-order valence-electron chi connectivity index (χ4n) is 2.99. The van der Waals surface area contributed by atoms with Crippen molar-refractivity contribution in [2.75, 3.05) is 28.1 Å². The number of benzene rings is 2. The molecule has 0 saturated heterocycles. The van der Waals surface area contributed by atoms with Crippen molar-refractivity contribution in [3.63, 3.8) is 0 Å². The first-order valence-electron chi connectivity index (χ1n) is 8.95. The summed E-state index contributed by atoms with van der Waals surface area (Å²) < 4.78 is 37.1. The standard InChI is InChI=1S/C21H19NO8/c1-24-18-7-13(8-19(25-2)20(18)26-3)21(23)27-10-14-9-16(30-22-14)12-4-5-15-17(6-12)29-11-28-15/h4-9H,10-11H2,1-3H3. The summed E-state index contributed by atoms with van der Waals surface area (Å²) in [7, 11) is 4.43. The van der Waals surface area contributed by atoms with Crippen LogP contribution in [0.2, 0.25) is 0 Å². The van der Waals surface area contributed by atoms with E-state index in [0.29, 0.717) is 40.2 Å². The van der Waals surface area contributed by atoms with E-state index in [1.54, 1.807) is 18.2 Å². The minimum Gasteiger partial charge on any atom is -0.493 e. The molecule has 1 aliphatic heterocycles. The Balaban J connectivity index is 1.46. The zero-order valence-electron chi connectivity index (χ0n) is 16.6. The zero-order valence-corrected chi connectivity index (χ0v) is 16.6. The van der Waals surface area contributed by atoms with Crippen LogP contribution in [0.4, 0.5) is 0 Å². The van der Waals surface area contributed by atoms with Gasteiger partial charge in [-0.2, -0.15) is 0 Å². The number of carbonyl (C=O) groups excluding carboxylic acids is 1. The highest BCUT2D eigenvalue weighted by Crippen LogP contribution is 2.38. The van der Waals surface area contributed by atoms with Crippen molar-refractivity contribution in [1.29, 1.82) is 0 Å². The van der Waals surface area contributed by atoms with E-state index in [9.17, 15) is 4.79 Å². The van der Waals surface area contributed by atoms with E-state index in [4.69, 9.17) is 32.9 Å². The van der Waals surface area contributed by atoms with Crippen LogP contribution < -0.4 is 23.7 Å². The molecule has 4 rings (SSSR count). The third-order valence-electron chi connectivity index (χ3n) is 4.47. The first-order chi connectivity index (χ1) is 14.6. The smallest absolute Gasteiger partial charge is 0.338 e. The van der Waals surface area contributed by atoms with E-state index in [0.717, 1.165) is 5.56 Å². The third kappa shape index (κ3) is 3.69. The van der Waals surface area contributed by atoms with Crippen molar-refractivity contribution < 1.29 is 37.7 Å². The van der Waals surface area contributed by atoms with Gasteiger partial charge >= 0.3 is 5.97 Å². The van der Waals surface area contributed by atoms with Gasteiger partial charge in [0.1, 0.15) is 12.3 Å². The topological polar surface area (TPSA) is 98.5 Å². The molecule has 30 heavy (non-hydrogen) atoms. The molecule has 2 heterocycles. The predicted octanol–water partition coefficient (Wildman–Crippen LogP) is 3.45. The van der Waals surface area contributed by atoms with Gasteiger partial charge < -0.3 is 32.9 Å². The Morgan fingerprint density at radius 1 is 0.967 bits per heavy atom. The van der Waals surface area contributed by atoms with Gasteiger partial charge in [0.25, 0.3) is 0 Å². The lowest BCUT2D eigenvalue weighted by atomic mass is 10.1. The van der Waals surface area contributed by atoms with Crippen molar-refractivity contribution in [3.05, 3.63) is 47.7 Å². The van der Waals surface area contributed by atoms with E-state index >= 15 is 0 Å². The molecule has 9 heteroatoms. The molecule has 0 saturated carbocycles. The molecule has 0 bridgehead atoms. The Bertz CT molecular complexity index is 1050. The summed E-state index contributed by atoms with van der Waals surface area (Å²) in [5, 5.41) is 3.95. The SMILES string of the molecule is COc1cc(C(=O)OCc2cc(-c3ccc4c(c3)OCO4)on2)cc(OC)c1OC. The lowest BCUT2D eigenvalue weighted by Crippen LogP contribution is -2.07. The number of ether oxygens (including phenoxy) is 6. The first-order valence-corrected chi connectivity index (χ1v) is 8.95. The van der Waals surface area contributed by atoms with Crippen molar-refractivity contribution in [1.82, 2.24) is 5.16 Å². The van der Waals surface area contributed by atoms with Crippen LogP contribution in [0.25, 0.3) is 11.3 Å². The van der Waals surface area contributed by atoms with Crippen LogP contribution >= 0.6 is 0 Å². The number of methoxy groups -OCH3 is 3. The normalized spacial score (nSPS) is 11.8. The Morgan fingerprint density at radius 2 is 1.70 bits per heavy atom. The van der Waals surface area contributed by atoms with Gasteiger partial charge in [0.05, 0.1) is 26.9 Å². The first kappa shape index (κ1) is 19.4. The Kier molecular flexibility index (Phi) is 5.34. The maximum atomic E-state index is 12.5. The average Bonchev–Trinajstić information content (AvgIpc) is 3.45. The summed E-state index contributed by atoms with van der Waals surface area (Å²) in [6.45, 7) is 0.126. The lowest BCUT2D eigenvalue weighted by molar-refractivity contribution is 0.0463. The van der Waals surface area contributed by atoms with E-state index in [1.807, 2.05) is 6.07 Å². The van der Waals surface area contributed by atoms with Crippen molar-refractivity contribution >= 4 is 5.97 Å². The summed E-state index contributed by atoms with van der Waals surface area (Å²) in [5.41, 5.74) is 1.49. The average molecular weight is 413 g/mol.